The van der Waals surface area contributed by atoms with E-state index in [1.807, 2.05) is 56.6 Å². The van der Waals surface area contributed by atoms with Crippen molar-refractivity contribution in [1.29, 1.82) is 0 Å². The van der Waals surface area contributed by atoms with Crippen LogP contribution in [0.25, 0.3) is 16.9 Å². The van der Waals surface area contributed by atoms with E-state index < -0.39 is 0 Å². The first-order chi connectivity index (χ1) is 13.1. The van der Waals surface area contributed by atoms with Crippen molar-refractivity contribution in [1.82, 2.24) is 29.5 Å². The zero-order valence-corrected chi connectivity index (χ0v) is 15.0. The van der Waals surface area contributed by atoms with Crippen molar-refractivity contribution in [3.63, 3.8) is 0 Å². The van der Waals surface area contributed by atoms with Gasteiger partial charge in [0.25, 0.3) is 0 Å². The first-order valence-electron chi connectivity index (χ1n) is 8.42. The van der Waals surface area contributed by atoms with Crippen molar-refractivity contribution in [2.24, 2.45) is 0 Å². The number of nitrogen functional groups attached to an aromatic ring is 1. The summed E-state index contributed by atoms with van der Waals surface area (Å²) in [4.78, 5) is 19.2. The topological polar surface area (TPSA) is 110 Å². The first kappa shape index (κ1) is 16.7. The van der Waals surface area contributed by atoms with Gasteiger partial charge in [-0.05, 0) is 0 Å². The summed E-state index contributed by atoms with van der Waals surface area (Å²) in [5, 5.41) is 7.66. The van der Waals surface area contributed by atoms with Crippen LogP contribution in [0.3, 0.4) is 0 Å². The van der Waals surface area contributed by atoms with Gasteiger partial charge in [-0.1, -0.05) is 30.3 Å². The maximum Gasteiger partial charge on any atom is 0.229 e. The molecule has 4 rings (SSSR count). The van der Waals surface area contributed by atoms with E-state index in [1.165, 1.54) is 0 Å². The average Bonchev–Trinajstić information content (AvgIpc) is 3.15. The van der Waals surface area contributed by atoms with Crippen LogP contribution < -0.4 is 16.0 Å². The molecule has 9 nitrogen and oxygen atoms in total. The van der Waals surface area contributed by atoms with E-state index in [4.69, 9.17) is 5.73 Å². The Bertz CT molecular complexity index is 1070. The molecule has 0 saturated heterocycles. The van der Waals surface area contributed by atoms with Gasteiger partial charge in [-0.2, -0.15) is 24.6 Å². The molecule has 0 saturated carbocycles. The number of hydrogen-bond acceptors (Lipinski definition) is 8. The second-order valence-corrected chi connectivity index (χ2v) is 6.15. The quantitative estimate of drug-likeness (QED) is 0.554. The molecular weight excluding hydrogens is 342 g/mol. The molecule has 0 aliphatic heterocycles. The van der Waals surface area contributed by atoms with E-state index in [-0.39, 0.29) is 5.95 Å². The van der Waals surface area contributed by atoms with E-state index in [9.17, 15) is 0 Å². The molecule has 0 unspecified atom stereocenters. The number of aromatic nitrogens is 6. The van der Waals surface area contributed by atoms with Gasteiger partial charge in [-0.15, -0.1) is 0 Å². The molecule has 3 heterocycles. The average molecular weight is 361 g/mol. The van der Waals surface area contributed by atoms with E-state index in [0.29, 0.717) is 18.3 Å². The molecular formula is C18H19N9. The summed E-state index contributed by atoms with van der Waals surface area (Å²) in [6.07, 6.45) is 1.72. The Balaban J connectivity index is 1.67. The van der Waals surface area contributed by atoms with Gasteiger partial charge < -0.3 is 16.0 Å². The minimum atomic E-state index is 0.189. The molecule has 3 N–H and O–H groups in total. The predicted octanol–water partition coefficient (Wildman–Crippen LogP) is 1.84. The summed E-state index contributed by atoms with van der Waals surface area (Å²) in [6, 6.07) is 13.8. The Kier molecular flexibility index (Phi) is 4.25. The second-order valence-electron chi connectivity index (χ2n) is 6.15. The van der Waals surface area contributed by atoms with Crippen molar-refractivity contribution < 1.29 is 0 Å². The Labute approximate surface area is 155 Å². The number of benzene rings is 1. The lowest BCUT2D eigenvalue weighted by atomic mass is 10.1. The number of hydrogen-bond donors (Lipinski definition) is 2. The number of nitrogens with two attached hydrogens (primary N) is 1. The van der Waals surface area contributed by atoms with Crippen LogP contribution in [0.15, 0.2) is 48.7 Å². The highest BCUT2D eigenvalue weighted by Gasteiger charge is 2.10. The molecule has 0 spiro atoms. The standard InChI is InChI=1S/C18H19N9/c1-26(2)18-24-14(23-17(19)25-18)11-20-16-10-13(12-6-4-3-5-7-12)22-15-8-9-21-27(15)16/h3-10,20H,11H2,1-2H3,(H2,19,23,24,25). The Morgan fingerprint density at radius 3 is 2.63 bits per heavy atom. The molecule has 0 fully saturated rings. The second kappa shape index (κ2) is 6.87. The largest absolute Gasteiger partial charge is 0.368 e. The van der Waals surface area contributed by atoms with Crippen molar-refractivity contribution in [3.8, 4) is 11.3 Å². The molecule has 4 aromatic rings. The molecule has 0 amide bonds. The summed E-state index contributed by atoms with van der Waals surface area (Å²) in [5.41, 5.74) is 8.44. The van der Waals surface area contributed by atoms with Crippen LogP contribution in [0.4, 0.5) is 17.7 Å². The molecule has 136 valence electrons. The maximum atomic E-state index is 5.80. The molecule has 0 bridgehead atoms. The highest BCUT2D eigenvalue weighted by atomic mass is 15.3. The van der Waals surface area contributed by atoms with Crippen LogP contribution in [0.2, 0.25) is 0 Å². The van der Waals surface area contributed by atoms with E-state index in [0.717, 1.165) is 22.7 Å². The molecule has 27 heavy (non-hydrogen) atoms. The summed E-state index contributed by atoms with van der Waals surface area (Å²) >= 11 is 0. The van der Waals surface area contributed by atoms with Gasteiger partial charge in [0, 0.05) is 31.8 Å². The normalized spacial score (nSPS) is 10.9. The molecule has 9 heteroatoms. The first-order valence-corrected chi connectivity index (χ1v) is 8.42. The number of nitrogens with one attached hydrogen (secondary N) is 1. The Morgan fingerprint density at radius 1 is 1.04 bits per heavy atom. The molecule has 0 aliphatic carbocycles. The third-order valence-corrected chi connectivity index (χ3v) is 3.94. The van der Waals surface area contributed by atoms with Crippen molar-refractivity contribution in [2.45, 2.75) is 6.54 Å². The highest BCUT2D eigenvalue weighted by Crippen LogP contribution is 2.22. The number of nitrogens with zero attached hydrogens (tertiary/aromatic N) is 7. The number of rotatable bonds is 5. The summed E-state index contributed by atoms with van der Waals surface area (Å²) < 4.78 is 1.74. The lowest BCUT2D eigenvalue weighted by molar-refractivity contribution is 0.864. The lowest BCUT2D eigenvalue weighted by Gasteiger charge is -2.13. The maximum absolute atomic E-state index is 5.80. The molecule has 0 radical (unpaired) electrons. The Morgan fingerprint density at radius 2 is 1.85 bits per heavy atom. The third kappa shape index (κ3) is 3.47. The van der Waals surface area contributed by atoms with Crippen LogP contribution in [0, 0.1) is 0 Å². The zero-order valence-electron chi connectivity index (χ0n) is 15.0. The van der Waals surface area contributed by atoms with Crippen LogP contribution in [0.1, 0.15) is 5.82 Å². The van der Waals surface area contributed by atoms with Gasteiger partial charge >= 0.3 is 0 Å². The minimum Gasteiger partial charge on any atom is -0.368 e. The van der Waals surface area contributed by atoms with Gasteiger partial charge in [0.1, 0.15) is 5.82 Å². The van der Waals surface area contributed by atoms with Gasteiger partial charge in [-0.3, -0.25) is 0 Å². The number of fused-ring (bicyclic) bond motifs is 1. The highest BCUT2D eigenvalue weighted by molar-refractivity contribution is 5.66. The Hall–Kier alpha value is -3.75. The minimum absolute atomic E-state index is 0.189. The SMILES string of the molecule is CN(C)c1nc(N)nc(CNc2cc(-c3ccccc3)nc3ccnn23)n1. The van der Waals surface area contributed by atoms with Crippen LogP contribution in [-0.2, 0) is 6.54 Å². The smallest absolute Gasteiger partial charge is 0.229 e. The van der Waals surface area contributed by atoms with Crippen molar-refractivity contribution in [3.05, 3.63) is 54.5 Å². The van der Waals surface area contributed by atoms with Crippen molar-refractivity contribution >= 4 is 23.4 Å². The van der Waals surface area contributed by atoms with Crippen LogP contribution in [0.5, 0.6) is 0 Å². The number of anilines is 3. The fourth-order valence-corrected chi connectivity index (χ4v) is 2.67. The molecule has 1 aromatic carbocycles. The van der Waals surface area contributed by atoms with Crippen molar-refractivity contribution in [2.75, 3.05) is 30.0 Å². The van der Waals surface area contributed by atoms with Gasteiger partial charge in [-0.25, -0.2) is 4.98 Å². The zero-order chi connectivity index (χ0) is 18.8. The fraction of sp³-hybridized carbons (Fsp3) is 0.167. The van der Waals surface area contributed by atoms with Gasteiger partial charge in [0.15, 0.2) is 11.5 Å². The third-order valence-electron chi connectivity index (χ3n) is 3.94. The van der Waals surface area contributed by atoms with Crippen LogP contribution >= 0.6 is 0 Å². The molecule has 3 aromatic heterocycles. The fourth-order valence-electron chi connectivity index (χ4n) is 2.67. The summed E-state index contributed by atoms with van der Waals surface area (Å²) in [7, 11) is 3.71. The summed E-state index contributed by atoms with van der Waals surface area (Å²) in [5.74, 6) is 2.04. The molecule has 0 aliphatic rings. The predicted molar refractivity (Wildman–Crippen MR) is 104 cm³/mol. The van der Waals surface area contributed by atoms with Gasteiger partial charge in [0.2, 0.25) is 11.9 Å². The monoisotopic (exact) mass is 361 g/mol. The van der Waals surface area contributed by atoms with E-state index in [1.54, 1.807) is 15.6 Å². The van der Waals surface area contributed by atoms with E-state index in [2.05, 4.69) is 30.4 Å². The summed E-state index contributed by atoms with van der Waals surface area (Å²) in [6.45, 7) is 0.376. The molecule has 0 atom stereocenters. The van der Waals surface area contributed by atoms with Crippen LogP contribution in [-0.4, -0.2) is 43.6 Å². The van der Waals surface area contributed by atoms with E-state index >= 15 is 0 Å². The lowest BCUT2D eigenvalue weighted by Crippen LogP contribution is -2.17. The van der Waals surface area contributed by atoms with Gasteiger partial charge in [0.05, 0.1) is 18.4 Å².